The van der Waals surface area contributed by atoms with Crippen LogP contribution in [0.15, 0.2) is 48.5 Å². The predicted octanol–water partition coefficient (Wildman–Crippen LogP) is 4.45. The van der Waals surface area contributed by atoms with Crippen LogP contribution < -0.4 is 5.32 Å². The number of nitrogens with zero attached hydrogens (tertiary/aromatic N) is 2. The van der Waals surface area contributed by atoms with Crippen molar-refractivity contribution in [1.29, 1.82) is 0 Å². The third-order valence-corrected chi connectivity index (χ3v) is 5.54. The zero-order valence-electron chi connectivity index (χ0n) is 15.8. The summed E-state index contributed by atoms with van der Waals surface area (Å²) < 4.78 is 0. The van der Waals surface area contributed by atoms with E-state index in [1.807, 2.05) is 18.2 Å². The molecule has 2 aromatic carbocycles. The molecule has 2 aromatic rings. The molecule has 0 bridgehead atoms. The van der Waals surface area contributed by atoms with Crippen molar-refractivity contribution in [2.45, 2.75) is 25.8 Å². The van der Waals surface area contributed by atoms with Crippen molar-refractivity contribution in [3.05, 3.63) is 74.8 Å². The highest BCUT2D eigenvalue weighted by Gasteiger charge is 2.26. The Bertz CT molecular complexity index is 836. The first-order chi connectivity index (χ1) is 13.5. The number of amides is 1. The van der Waals surface area contributed by atoms with Gasteiger partial charge in [-0.2, -0.15) is 0 Å². The molecular weight excluding hydrogens is 378 g/mol. The molecule has 0 radical (unpaired) electrons. The minimum absolute atomic E-state index is 0.0217. The molecule has 0 spiro atoms. The summed E-state index contributed by atoms with van der Waals surface area (Å²) in [6.07, 6.45) is 2.25. The lowest BCUT2D eigenvalue weighted by atomic mass is 9.95. The number of hydrogen-bond donors (Lipinski definition) is 1. The summed E-state index contributed by atoms with van der Waals surface area (Å²) in [4.78, 5) is 25.7. The van der Waals surface area contributed by atoms with Crippen molar-refractivity contribution in [3.8, 4) is 0 Å². The molecule has 1 aliphatic rings. The molecule has 1 fully saturated rings. The number of piperidine rings is 1. The van der Waals surface area contributed by atoms with E-state index < -0.39 is 10.8 Å². The van der Waals surface area contributed by atoms with E-state index in [9.17, 15) is 14.9 Å². The Hall–Kier alpha value is -2.44. The fourth-order valence-electron chi connectivity index (χ4n) is 3.61. The van der Waals surface area contributed by atoms with Crippen LogP contribution in [0, 0.1) is 16.0 Å². The molecule has 148 valence electrons. The first-order valence-corrected chi connectivity index (χ1v) is 9.84. The Morgan fingerprint density at radius 2 is 1.93 bits per heavy atom. The van der Waals surface area contributed by atoms with Gasteiger partial charge in [0.2, 0.25) is 0 Å². The quantitative estimate of drug-likeness (QED) is 0.573. The average molecular weight is 402 g/mol. The molecule has 1 heterocycles. The molecule has 1 aliphatic heterocycles. The Kier molecular flexibility index (Phi) is 6.65. The van der Waals surface area contributed by atoms with E-state index in [4.69, 9.17) is 11.6 Å². The van der Waals surface area contributed by atoms with Crippen LogP contribution in [0.25, 0.3) is 0 Å². The van der Waals surface area contributed by atoms with Gasteiger partial charge in [-0.1, -0.05) is 48.9 Å². The summed E-state index contributed by atoms with van der Waals surface area (Å²) in [7, 11) is 0. The second-order valence-corrected chi connectivity index (χ2v) is 7.71. The van der Waals surface area contributed by atoms with Gasteiger partial charge >= 0.3 is 0 Å². The van der Waals surface area contributed by atoms with Crippen molar-refractivity contribution in [2.75, 3.05) is 19.6 Å². The van der Waals surface area contributed by atoms with Gasteiger partial charge in [0.1, 0.15) is 5.56 Å². The number of rotatable bonds is 6. The predicted molar refractivity (Wildman–Crippen MR) is 110 cm³/mol. The molecule has 6 nitrogen and oxygen atoms in total. The number of likely N-dealkylation sites (tertiary alicyclic amines) is 1. The van der Waals surface area contributed by atoms with Crippen LogP contribution >= 0.6 is 11.6 Å². The lowest BCUT2D eigenvalue weighted by Crippen LogP contribution is -2.42. The Morgan fingerprint density at radius 1 is 1.25 bits per heavy atom. The highest BCUT2D eigenvalue weighted by molar-refractivity contribution is 6.31. The largest absolute Gasteiger partial charge is 0.350 e. The van der Waals surface area contributed by atoms with Crippen molar-refractivity contribution in [2.24, 2.45) is 5.92 Å². The first kappa shape index (κ1) is 20.3. The van der Waals surface area contributed by atoms with Crippen LogP contribution in [0.5, 0.6) is 0 Å². The van der Waals surface area contributed by atoms with Crippen LogP contribution in [-0.2, 0) is 0 Å². The molecule has 28 heavy (non-hydrogen) atoms. The number of carbonyl (C=O) groups excluding carboxylic acids is 1. The van der Waals surface area contributed by atoms with E-state index >= 15 is 0 Å². The molecular formula is C21H24ClN3O3. The van der Waals surface area contributed by atoms with E-state index in [1.165, 1.54) is 18.2 Å². The third kappa shape index (κ3) is 4.88. The highest BCUT2D eigenvalue weighted by Crippen LogP contribution is 2.27. The lowest BCUT2D eigenvalue weighted by Gasteiger charge is -2.37. The lowest BCUT2D eigenvalue weighted by molar-refractivity contribution is -0.385. The number of hydrogen-bond acceptors (Lipinski definition) is 4. The maximum absolute atomic E-state index is 12.7. The van der Waals surface area contributed by atoms with E-state index in [1.54, 1.807) is 0 Å². The van der Waals surface area contributed by atoms with Crippen molar-refractivity contribution in [3.63, 3.8) is 0 Å². The number of benzene rings is 2. The molecule has 0 aliphatic carbocycles. The van der Waals surface area contributed by atoms with Gasteiger partial charge in [0.15, 0.2) is 0 Å². The maximum atomic E-state index is 12.7. The van der Waals surface area contributed by atoms with Gasteiger partial charge in [-0.05, 0) is 49.5 Å². The smallest absolute Gasteiger partial charge is 0.283 e. The van der Waals surface area contributed by atoms with E-state index in [-0.39, 0.29) is 22.3 Å². The topological polar surface area (TPSA) is 75.5 Å². The van der Waals surface area contributed by atoms with Gasteiger partial charge in [-0.15, -0.1) is 0 Å². The fraction of sp³-hybridized carbons (Fsp3) is 0.381. The number of nitrogens with one attached hydrogen (secondary N) is 1. The summed E-state index contributed by atoms with van der Waals surface area (Å²) in [5, 5.41) is 14.4. The minimum Gasteiger partial charge on any atom is -0.350 e. The summed E-state index contributed by atoms with van der Waals surface area (Å²) in [5.74, 6) is 0.244. The Labute approximate surface area is 169 Å². The highest BCUT2D eigenvalue weighted by atomic mass is 35.5. The van der Waals surface area contributed by atoms with Crippen LogP contribution in [-0.4, -0.2) is 35.4 Å². The average Bonchev–Trinajstić information content (AvgIpc) is 2.70. The van der Waals surface area contributed by atoms with Gasteiger partial charge in [-0.25, -0.2) is 0 Å². The molecule has 1 saturated heterocycles. The van der Waals surface area contributed by atoms with Gasteiger partial charge in [0, 0.05) is 17.6 Å². The zero-order valence-corrected chi connectivity index (χ0v) is 16.6. The first-order valence-electron chi connectivity index (χ1n) is 9.47. The van der Waals surface area contributed by atoms with Gasteiger partial charge < -0.3 is 5.32 Å². The minimum atomic E-state index is -0.582. The van der Waals surface area contributed by atoms with Crippen molar-refractivity contribution < 1.29 is 9.72 Å². The number of halogens is 1. The molecule has 1 unspecified atom stereocenters. The van der Waals surface area contributed by atoms with Crippen LogP contribution in [0.3, 0.4) is 0 Å². The zero-order chi connectivity index (χ0) is 20.1. The second kappa shape index (κ2) is 9.17. The summed E-state index contributed by atoms with van der Waals surface area (Å²) in [6.45, 7) is 4.59. The third-order valence-electron chi connectivity index (χ3n) is 5.30. The number of carbonyl (C=O) groups is 1. The SMILES string of the molecule is CC1CCN(C(CNC(=O)c2ccc(Cl)cc2[N+](=O)[O-])c2ccccc2)CC1. The standard InChI is InChI=1S/C21H24ClN3O3/c1-15-9-11-24(12-10-15)20(16-5-3-2-4-6-16)14-23-21(26)18-8-7-17(22)13-19(18)25(27)28/h2-8,13,15,20H,9-12,14H2,1H3,(H,23,26). The summed E-state index contributed by atoms with van der Waals surface area (Å²) >= 11 is 5.84. The number of nitro groups is 1. The van der Waals surface area contributed by atoms with Crippen molar-refractivity contribution >= 4 is 23.2 Å². The van der Waals surface area contributed by atoms with Crippen LogP contribution in [0.1, 0.15) is 41.7 Å². The molecule has 7 heteroatoms. The van der Waals surface area contributed by atoms with Crippen molar-refractivity contribution in [1.82, 2.24) is 10.2 Å². The van der Waals surface area contributed by atoms with Crippen LogP contribution in [0.4, 0.5) is 5.69 Å². The molecule has 3 rings (SSSR count). The van der Waals surface area contributed by atoms with Gasteiger partial charge in [-0.3, -0.25) is 19.8 Å². The summed E-state index contributed by atoms with van der Waals surface area (Å²) in [5.41, 5.74) is 0.865. The Balaban J connectivity index is 1.77. The summed E-state index contributed by atoms with van der Waals surface area (Å²) in [6, 6.07) is 14.2. The molecule has 0 aromatic heterocycles. The monoisotopic (exact) mass is 401 g/mol. The molecule has 1 atom stereocenters. The normalized spacial score (nSPS) is 16.5. The van der Waals surface area contributed by atoms with Crippen LogP contribution in [0.2, 0.25) is 5.02 Å². The van der Waals surface area contributed by atoms with E-state index in [2.05, 4.69) is 29.3 Å². The second-order valence-electron chi connectivity index (χ2n) is 7.27. The van der Waals surface area contributed by atoms with E-state index in [0.29, 0.717) is 12.5 Å². The maximum Gasteiger partial charge on any atom is 0.283 e. The Morgan fingerprint density at radius 3 is 2.57 bits per heavy atom. The fourth-order valence-corrected chi connectivity index (χ4v) is 3.77. The van der Waals surface area contributed by atoms with E-state index in [0.717, 1.165) is 31.5 Å². The number of nitro benzene ring substituents is 1. The molecule has 1 N–H and O–H groups in total. The molecule has 1 amide bonds. The van der Waals surface area contributed by atoms with Gasteiger partial charge in [0.05, 0.1) is 11.0 Å². The molecule has 0 saturated carbocycles. The van der Waals surface area contributed by atoms with Gasteiger partial charge in [0.25, 0.3) is 11.6 Å².